The Morgan fingerprint density at radius 2 is 1.73 bits per heavy atom. The van der Waals surface area contributed by atoms with Crippen LogP contribution in [0.5, 0.6) is 5.75 Å². The van der Waals surface area contributed by atoms with Crippen molar-refractivity contribution in [3.63, 3.8) is 0 Å². The molecule has 0 saturated carbocycles. The van der Waals surface area contributed by atoms with Crippen LogP contribution in [0.15, 0.2) is 54.6 Å². The van der Waals surface area contributed by atoms with Gasteiger partial charge in [-0.3, -0.25) is 9.69 Å². The van der Waals surface area contributed by atoms with Crippen LogP contribution in [0.3, 0.4) is 0 Å². The van der Waals surface area contributed by atoms with Crippen LogP contribution in [0, 0.1) is 0 Å². The van der Waals surface area contributed by atoms with Crippen molar-refractivity contribution >= 4 is 11.6 Å². The molecule has 1 aliphatic rings. The second kappa shape index (κ2) is 8.37. The van der Waals surface area contributed by atoms with E-state index < -0.39 is 0 Å². The monoisotopic (exact) mass is 352 g/mol. The zero-order valence-corrected chi connectivity index (χ0v) is 15.6. The second-order valence-electron chi connectivity index (χ2n) is 6.99. The summed E-state index contributed by atoms with van der Waals surface area (Å²) in [6.07, 6.45) is 2.41. The molecule has 0 spiro atoms. The number of benzene rings is 2. The van der Waals surface area contributed by atoms with E-state index in [4.69, 9.17) is 0 Å². The number of nitrogens with zero attached hydrogens (tertiary/aromatic N) is 2. The third kappa shape index (κ3) is 4.07. The van der Waals surface area contributed by atoms with Crippen molar-refractivity contribution in [1.29, 1.82) is 0 Å². The molecule has 1 unspecified atom stereocenters. The van der Waals surface area contributed by atoms with Crippen molar-refractivity contribution < 1.29 is 9.90 Å². The molecule has 26 heavy (non-hydrogen) atoms. The summed E-state index contributed by atoms with van der Waals surface area (Å²) < 4.78 is 0. The summed E-state index contributed by atoms with van der Waals surface area (Å²) in [5, 5.41) is 9.54. The Bertz CT molecular complexity index is 707. The predicted octanol–water partition coefficient (Wildman–Crippen LogP) is 4.36. The van der Waals surface area contributed by atoms with Crippen LogP contribution in [-0.2, 0) is 4.79 Å². The van der Waals surface area contributed by atoms with Crippen molar-refractivity contribution in [2.75, 3.05) is 18.0 Å². The number of hydrogen-bond donors (Lipinski definition) is 1. The van der Waals surface area contributed by atoms with Gasteiger partial charge >= 0.3 is 0 Å². The Labute approximate surface area is 156 Å². The number of amides is 1. The van der Waals surface area contributed by atoms with Crippen LogP contribution in [-0.4, -0.2) is 35.0 Å². The van der Waals surface area contributed by atoms with Gasteiger partial charge in [-0.25, -0.2) is 0 Å². The number of piperidine rings is 1. The van der Waals surface area contributed by atoms with E-state index in [-0.39, 0.29) is 17.7 Å². The quantitative estimate of drug-likeness (QED) is 0.869. The SMILES string of the molecule is CCC(=O)N(c1ccc(O)cc1)C1CCN(C(C)c2ccccc2)CC1. The largest absolute Gasteiger partial charge is 0.508 e. The third-order valence-electron chi connectivity index (χ3n) is 5.39. The molecule has 138 valence electrons. The van der Waals surface area contributed by atoms with Gasteiger partial charge in [0.1, 0.15) is 5.75 Å². The van der Waals surface area contributed by atoms with Crippen molar-refractivity contribution in [3.8, 4) is 5.75 Å². The first-order valence-corrected chi connectivity index (χ1v) is 9.50. The Kier molecular flexibility index (Phi) is 5.94. The Hall–Kier alpha value is -2.33. The minimum absolute atomic E-state index is 0.144. The molecule has 4 nitrogen and oxygen atoms in total. The fourth-order valence-electron chi connectivity index (χ4n) is 3.82. The highest BCUT2D eigenvalue weighted by Crippen LogP contribution is 2.29. The number of hydrogen-bond acceptors (Lipinski definition) is 3. The Balaban J connectivity index is 1.69. The Morgan fingerprint density at radius 1 is 1.12 bits per heavy atom. The van der Waals surface area contributed by atoms with Crippen LogP contribution < -0.4 is 4.90 Å². The summed E-state index contributed by atoms with van der Waals surface area (Å²) in [5.74, 6) is 0.370. The number of phenolic OH excluding ortho intramolecular Hbond substituents is 1. The van der Waals surface area contributed by atoms with Crippen molar-refractivity contribution in [1.82, 2.24) is 4.90 Å². The molecule has 4 heteroatoms. The smallest absolute Gasteiger partial charge is 0.226 e. The average Bonchev–Trinajstić information content (AvgIpc) is 2.70. The second-order valence-corrected chi connectivity index (χ2v) is 6.99. The molecule has 1 heterocycles. The van der Waals surface area contributed by atoms with Gasteiger partial charge in [0.05, 0.1) is 0 Å². The van der Waals surface area contributed by atoms with Gasteiger partial charge in [-0.05, 0) is 49.6 Å². The topological polar surface area (TPSA) is 43.8 Å². The summed E-state index contributed by atoms with van der Waals surface area (Å²) in [6.45, 7) is 6.12. The van der Waals surface area contributed by atoms with E-state index in [2.05, 4.69) is 36.1 Å². The molecule has 1 aliphatic heterocycles. The first kappa shape index (κ1) is 18.5. The fraction of sp³-hybridized carbons (Fsp3) is 0.409. The van der Waals surface area contributed by atoms with Crippen LogP contribution in [0.25, 0.3) is 0 Å². The van der Waals surface area contributed by atoms with Gasteiger partial charge in [0.15, 0.2) is 0 Å². The number of likely N-dealkylation sites (tertiary alicyclic amines) is 1. The zero-order chi connectivity index (χ0) is 18.5. The Morgan fingerprint density at radius 3 is 2.31 bits per heavy atom. The number of carbonyl (C=O) groups excluding carboxylic acids is 1. The number of rotatable bonds is 5. The number of phenols is 1. The number of carbonyl (C=O) groups is 1. The molecular formula is C22H28N2O2. The van der Waals surface area contributed by atoms with Gasteiger partial charge in [0, 0.05) is 37.3 Å². The highest BCUT2D eigenvalue weighted by atomic mass is 16.3. The standard InChI is InChI=1S/C22H28N2O2/c1-3-22(26)24(19-9-11-21(25)12-10-19)20-13-15-23(16-14-20)17(2)18-7-5-4-6-8-18/h4-12,17,20,25H,3,13-16H2,1-2H3. The maximum Gasteiger partial charge on any atom is 0.226 e. The minimum Gasteiger partial charge on any atom is -0.508 e. The highest BCUT2D eigenvalue weighted by molar-refractivity contribution is 5.93. The lowest BCUT2D eigenvalue weighted by Crippen LogP contribution is -2.48. The van der Waals surface area contributed by atoms with Crippen molar-refractivity contribution in [2.45, 2.75) is 45.2 Å². The van der Waals surface area contributed by atoms with Crippen molar-refractivity contribution in [3.05, 3.63) is 60.2 Å². The molecular weight excluding hydrogens is 324 g/mol. The van der Waals surface area contributed by atoms with E-state index in [1.54, 1.807) is 12.1 Å². The molecule has 0 aromatic heterocycles. The maximum atomic E-state index is 12.6. The molecule has 1 fully saturated rings. The molecule has 0 aliphatic carbocycles. The molecule has 2 aromatic rings. The molecule has 0 radical (unpaired) electrons. The van der Waals surface area contributed by atoms with Crippen molar-refractivity contribution in [2.24, 2.45) is 0 Å². The molecule has 0 bridgehead atoms. The fourth-order valence-corrected chi connectivity index (χ4v) is 3.82. The van der Waals surface area contributed by atoms with E-state index in [0.717, 1.165) is 31.6 Å². The lowest BCUT2D eigenvalue weighted by Gasteiger charge is -2.41. The molecule has 1 amide bonds. The molecule has 1 saturated heterocycles. The summed E-state index contributed by atoms with van der Waals surface area (Å²) in [7, 11) is 0. The van der Waals surface area contributed by atoms with Gasteiger partial charge in [-0.1, -0.05) is 37.3 Å². The normalized spacial score (nSPS) is 17.0. The van der Waals surface area contributed by atoms with Gasteiger partial charge < -0.3 is 10.0 Å². The number of anilines is 1. The summed E-state index contributed by atoms with van der Waals surface area (Å²) in [4.78, 5) is 17.0. The van der Waals surface area contributed by atoms with Gasteiger partial charge in [-0.2, -0.15) is 0 Å². The highest BCUT2D eigenvalue weighted by Gasteiger charge is 2.30. The van der Waals surface area contributed by atoms with Crippen LogP contribution in [0.4, 0.5) is 5.69 Å². The van der Waals surface area contributed by atoms with Crippen LogP contribution in [0.1, 0.15) is 44.7 Å². The summed E-state index contributed by atoms with van der Waals surface area (Å²) in [5.41, 5.74) is 2.22. The van der Waals surface area contributed by atoms with E-state index in [9.17, 15) is 9.90 Å². The lowest BCUT2D eigenvalue weighted by molar-refractivity contribution is -0.119. The van der Waals surface area contributed by atoms with E-state index in [1.165, 1.54) is 5.56 Å². The van der Waals surface area contributed by atoms with Gasteiger partial charge in [-0.15, -0.1) is 0 Å². The predicted molar refractivity (Wildman–Crippen MR) is 105 cm³/mol. The zero-order valence-electron chi connectivity index (χ0n) is 15.6. The van der Waals surface area contributed by atoms with Crippen LogP contribution >= 0.6 is 0 Å². The van der Waals surface area contributed by atoms with E-state index >= 15 is 0 Å². The van der Waals surface area contributed by atoms with Crippen LogP contribution in [0.2, 0.25) is 0 Å². The maximum absolute atomic E-state index is 12.6. The minimum atomic E-state index is 0.144. The summed E-state index contributed by atoms with van der Waals surface area (Å²) >= 11 is 0. The lowest BCUT2D eigenvalue weighted by atomic mass is 9.98. The number of aromatic hydroxyl groups is 1. The van der Waals surface area contributed by atoms with E-state index in [0.29, 0.717) is 12.5 Å². The summed E-state index contributed by atoms with van der Waals surface area (Å²) in [6, 6.07) is 18.2. The van der Waals surface area contributed by atoms with E-state index in [1.807, 2.05) is 30.0 Å². The third-order valence-corrected chi connectivity index (χ3v) is 5.39. The average molecular weight is 352 g/mol. The van der Waals surface area contributed by atoms with Gasteiger partial charge in [0.2, 0.25) is 5.91 Å². The molecule has 1 atom stereocenters. The molecule has 1 N–H and O–H groups in total. The first-order chi connectivity index (χ1) is 12.6. The molecule has 3 rings (SSSR count). The first-order valence-electron chi connectivity index (χ1n) is 9.50. The van der Waals surface area contributed by atoms with Gasteiger partial charge in [0.25, 0.3) is 0 Å². The molecule has 2 aromatic carbocycles.